The lowest BCUT2D eigenvalue weighted by molar-refractivity contribution is -0.116. The maximum atomic E-state index is 12.0. The van der Waals surface area contributed by atoms with Crippen molar-refractivity contribution in [2.45, 2.75) is 26.2 Å². The summed E-state index contributed by atoms with van der Waals surface area (Å²) in [5.41, 5.74) is 3.28. The van der Waals surface area contributed by atoms with E-state index < -0.39 is 0 Å². The molecule has 2 rings (SSSR count). The quantitative estimate of drug-likeness (QED) is 0.735. The molecule has 0 saturated carbocycles. The average molecular weight is 309 g/mol. The number of rotatable bonds is 8. The zero-order valence-corrected chi connectivity index (χ0v) is 13.5. The van der Waals surface area contributed by atoms with E-state index in [1.807, 2.05) is 24.3 Å². The van der Waals surface area contributed by atoms with Crippen LogP contribution in [-0.2, 0) is 17.6 Å². The van der Waals surface area contributed by atoms with Crippen LogP contribution in [0.3, 0.4) is 0 Å². The van der Waals surface area contributed by atoms with Crippen molar-refractivity contribution in [3.8, 4) is 5.75 Å². The van der Waals surface area contributed by atoms with Crippen LogP contribution >= 0.6 is 0 Å². The molecule has 0 aromatic heterocycles. The first-order chi connectivity index (χ1) is 11.2. The third-order valence-corrected chi connectivity index (χ3v) is 3.58. The van der Waals surface area contributed by atoms with Gasteiger partial charge in [-0.1, -0.05) is 43.8 Å². The molecule has 0 bridgehead atoms. The van der Waals surface area contributed by atoms with E-state index in [2.05, 4.69) is 43.1 Å². The van der Waals surface area contributed by atoms with E-state index in [4.69, 9.17) is 4.74 Å². The van der Waals surface area contributed by atoms with Gasteiger partial charge in [0.2, 0.25) is 5.91 Å². The zero-order valence-electron chi connectivity index (χ0n) is 13.5. The molecule has 0 aliphatic rings. The number of ether oxygens (including phenoxy) is 1. The fraction of sp³-hybridized carbons (Fsp3) is 0.250. The standard InChI is InChI=1S/C20H23NO2/c1-3-15-23-19-12-10-18(11-13-19)21-20(22)14-9-17-7-5-16(4-2)6-8-17/h3,5-8,10-13H,1,4,9,14-15H2,2H3,(H,21,22). The lowest BCUT2D eigenvalue weighted by atomic mass is 10.1. The molecule has 3 nitrogen and oxygen atoms in total. The molecule has 0 heterocycles. The molecule has 23 heavy (non-hydrogen) atoms. The Labute approximate surface area is 138 Å². The Morgan fingerprint density at radius 3 is 2.35 bits per heavy atom. The second-order valence-corrected chi connectivity index (χ2v) is 5.34. The fourth-order valence-electron chi connectivity index (χ4n) is 2.21. The first kappa shape index (κ1) is 16.8. The number of hydrogen-bond acceptors (Lipinski definition) is 2. The molecule has 0 atom stereocenters. The Kier molecular flexibility index (Phi) is 6.42. The third kappa shape index (κ3) is 5.62. The van der Waals surface area contributed by atoms with Gasteiger partial charge in [0, 0.05) is 12.1 Å². The van der Waals surface area contributed by atoms with Gasteiger partial charge in [-0.05, 0) is 48.2 Å². The van der Waals surface area contributed by atoms with E-state index in [0.29, 0.717) is 13.0 Å². The van der Waals surface area contributed by atoms with Crippen LogP contribution in [-0.4, -0.2) is 12.5 Å². The molecule has 0 fully saturated rings. The van der Waals surface area contributed by atoms with Gasteiger partial charge in [-0.15, -0.1) is 0 Å². The normalized spacial score (nSPS) is 10.1. The fourth-order valence-corrected chi connectivity index (χ4v) is 2.21. The summed E-state index contributed by atoms with van der Waals surface area (Å²) in [6.07, 6.45) is 3.95. The van der Waals surface area contributed by atoms with Crippen LogP contribution in [0.5, 0.6) is 5.75 Å². The van der Waals surface area contributed by atoms with E-state index in [1.165, 1.54) is 11.1 Å². The maximum Gasteiger partial charge on any atom is 0.224 e. The minimum absolute atomic E-state index is 0.0179. The van der Waals surface area contributed by atoms with Gasteiger partial charge in [-0.2, -0.15) is 0 Å². The zero-order chi connectivity index (χ0) is 16.5. The van der Waals surface area contributed by atoms with Crippen LogP contribution in [0.15, 0.2) is 61.2 Å². The Bertz CT molecular complexity index is 630. The summed E-state index contributed by atoms with van der Waals surface area (Å²) in [6.45, 7) is 6.22. The summed E-state index contributed by atoms with van der Waals surface area (Å²) in [5.74, 6) is 0.781. The van der Waals surface area contributed by atoms with Crippen molar-refractivity contribution in [1.29, 1.82) is 0 Å². The molecule has 2 aromatic rings. The Balaban J connectivity index is 1.80. The van der Waals surface area contributed by atoms with Gasteiger partial charge in [0.05, 0.1) is 0 Å². The molecule has 0 radical (unpaired) electrons. The number of hydrogen-bond donors (Lipinski definition) is 1. The monoisotopic (exact) mass is 309 g/mol. The summed E-state index contributed by atoms with van der Waals surface area (Å²) in [4.78, 5) is 12.0. The molecule has 0 aliphatic heterocycles. The van der Waals surface area contributed by atoms with E-state index in [-0.39, 0.29) is 5.91 Å². The number of benzene rings is 2. The molecular weight excluding hydrogens is 286 g/mol. The van der Waals surface area contributed by atoms with E-state index >= 15 is 0 Å². The highest BCUT2D eigenvalue weighted by molar-refractivity contribution is 5.90. The Morgan fingerprint density at radius 1 is 1.09 bits per heavy atom. The maximum absolute atomic E-state index is 12.0. The van der Waals surface area contributed by atoms with Gasteiger partial charge in [-0.3, -0.25) is 4.79 Å². The second-order valence-electron chi connectivity index (χ2n) is 5.34. The lowest BCUT2D eigenvalue weighted by Crippen LogP contribution is -2.12. The summed E-state index contributed by atoms with van der Waals surface area (Å²) < 4.78 is 5.41. The summed E-state index contributed by atoms with van der Waals surface area (Å²) in [7, 11) is 0. The van der Waals surface area contributed by atoms with Crippen molar-refractivity contribution >= 4 is 11.6 Å². The smallest absolute Gasteiger partial charge is 0.224 e. The van der Waals surface area contributed by atoms with E-state index in [9.17, 15) is 4.79 Å². The molecular formula is C20H23NO2. The number of aryl methyl sites for hydroxylation is 2. The first-order valence-electron chi connectivity index (χ1n) is 7.92. The third-order valence-electron chi connectivity index (χ3n) is 3.58. The Morgan fingerprint density at radius 2 is 1.74 bits per heavy atom. The van der Waals surface area contributed by atoms with Gasteiger partial charge in [0.1, 0.15) is 12.4 Å². The molecule has 120 valence electrons. The number of carbonyl (C=O) groups excluding carboxylic acids is 1. The largest absolute Gasteiger partial charge is 0.490 e. The summed E-state index contributed by atoms with van der Waals surface area (Å²) in [6, 6.07) is 15.8. The van der Waals surface area contributed by atoms with E-state index in [1.54, 1.807) is 6.08 Å². The minimum Gasteiger partial charge on any atom is -0.490 e. The molecule has 1 N–H and O–H groups in total. The number of nitrogens with one attached hydrogen (secondary N) is 1. The van der Waals surface area contributed by atoms with Crippen molar-refractivity contribution < 1.29 is 9.53 Å². The number of carbonyl (C=O) groups is 1. The summed E-state index contributed by atoms with van der Waals surface area (Å²) in [5, 5.41) is 2.90. The second kappa shape index (κ2) is 8.79. The van der Waals surface area contributed by atoms with Crippen molar-refractivity contribution in [1.82, 2.24) is 0 Å². The van der Waals surface area contributed by atoms with Gasteiger partial charge in [0.15, 0.2) is 0 Å². The van der Waals surface area contributed by atoms with Crippen LogP contribution < -0.4 is 10.1 Å². The van der Waals surface area contributed by atoms with Crippen LogP contribution in [0.1, 0.15) is 24.5 Å². The van der Waals surface area contributed by atoms with Crippen molar-refractivity contribution in [3.63, 3.8) is 0 Å². The van der Waals surface area contributed by atoms with Crippen molar-refractivity contribution in [2.24, 2.45) is 0 Å². The Hall–Kier alpha value is -2.55. The molecule has 0 spiro atoms. The highest BCUT2D eigenvalue weighted by Crippen LogP contribution is 2.16. The molecule has 3 heteroatoms. The average Bonchev–Trinajstić information content (AvgIpc) is 2.60. The van der Waals surface area contributed by atoms with Crippen LogP contribution in [0.4, 0.5) is 5.69 Å². The molecule has 1 amide bonds. The van der Waals surface area contributed by atoms with E-state index in [0.717, 1.165) is 24.3 Å². The van der Waals surface area contributed by atoms with Crippen LogP contribution in [0.2, 0.25) is 0 Å². The first-order valence-corrected chi connectivity index (χ1v) is 7.92. The highest BCUT2D eigenvalue weighted by Gasteiger charge is 2.04. The van der Waals surface area contributed by atoms with Gasteiger partial charge < -0.3 is 10.1 Å². The predicted molar refractivity (Wildman–Crippen MR) is 94.9 cm³/mol. The lowest BCUT2D eigenvalue weighted by Gasteiger charge is -2.07. The molecule has 2 aromatic carbocycles. The van der Waals surface area contributed by atoms with Gasteiger partial charge >= 0.3 is 0 Å². The minimum atomic E-state index is 0.0179. The highest BCUT2D eigenvalue weighted by atomic mass is 16.5. The number of amides is 1. The predicted octanol–water partition coefficient (Wildman–Crippen LogP) is 4.39. The van der Waals surface area contributed by atoms with Crippen LogP contribution in [0, 0.1) is 0 Å². The SMILES string of the molecule is C=CCOc1ccc(NC(=O)CCc2ccc(CC)cc2)cc1. The topological polar surface area (TPSA) is 38.3 Å². The van der Waals surface area contributed by atoms with Crippen molar-refractivity contribution in [2.75, 3.05) is 11.9 Å². The molecule has 0 unspecified atom stereocenters. The van der Waals surface area contributed by atoms with Crippen molar-refractivity contribution in [3.05, 3.63) is 72.3 Å². The van der Waals surface area contributed by atoms with Gasteiger partial charge in [-0.25, -0.2) is 0 Å². The van der Waals surface area contributed by atoms with Gasteiger partial charge in [0.25, 0.3) is 0 Å². The molecule has 0 saturated heterocycles. The molecule has 0 aliphatic carbocycles. The number of anilines is 1. The van der Waals surface area contributed by atoms with Crippen LogP contribution in [0.25, 0.3) is 0 Å². The summed E-state index contributed by atoms with van der Waals surface area (Å²) >= 11 is 0.